The first-order chi connectivity index (χ1) is 9.95. The van der Waals surface area contributed by atoms with Crippen molar-refractivity contribution in [3.05, 3.63) is 29.8 Å². The van der Waals surface area contributed by atoms with Gasteiger partial charge in [-0.1, -0.05) is 17.7 Å². The smallest absolute Gasteiger partial charge is 0.303 e. The van der Waals surface area contributed by atoms with Gasteiger partial charge in [-0.25, -0.2) is 0 Å². The van der Waals surface area contributed by atoms with E-state index in [2.05, 4.69) is 5.32 Å². The summed E-state index contributed by atoms with van der Waals surface area (Å²) in [5.74, 6) is 0.575. The van der Waals surface area contributed by atoms with E-state index in [-0.39, 0.29) is 0 Å². The normalized spacial score (nSPS) is 17.9. The van der Waals surface area contributed by atoms with Gasteiger partial charge in [0, 0.05) is 20.1 Å². The van der Waals surface area contributed by atoms with E-state index < -0.39 is 10.2 Å². The largest absolute Gasteiger partial charge is 0.319 e. The molecule has 1 aromatic rings. The van der Waals surface area contributed by atoms with Crippen LogP contribution in [-0.4, -0.2) is 46.5 Å². The molecule has 0 amide bonds. The average molecular weight is 311 g/mol. The van der Waals surface area contributed by atoms with Gasteiger partial charge in [0.25, 0.3) is 0 Å². The fourth-order valence-electron chi connectivity index (χ4n) is 2.69. The summed E-state index contributed by atoms with van der Waals surface area (Å²) in [4.78, 5) is 0. The predicted molar refractivity (Wildman–Crippen MR) is 86.7 cm³/mol. The molecule has 0 aromatic heterocycles. The van der Waals surface area contributed by atoms with Crippen molar-refractivity contribution in [2.24, 2.45) is 5.92 Å². The third-order valence-electron chi connectivity index (χ3n) is 4.14. The molecule has 1 aliphatic heterocycles. The molecule has 0 aliphatic carbocycles. The van der Waals surface area contributed by atoms with Crippen molar-refractivity contribution < 1.29 is 8.42 Å². The fraction of sp³-hybridized carbons (Fsp3) is 0.600. The molecule has 21 heavy (non-hydrogen) atoms. The van der Waals surface area contributed by atoms with Crippen LogP contribution in [0.15, 0.2) is 24.3 Å². The van der Waals surface area contributed by atoms with E-state index in [0.29, 0.717) is 24.7 Å². The van der Waals surface area contributed by atoms with E-state index in [9.17, 15) is 8.42 Å². The molecule has 1 fully saturated rings. The van der Waals surface area contributed by atoms with Crippen molar-refractivity contribution in [2.45, 2.75) is 19.8 Å². The Bertz CT molecular complexity index is 549. The van der Waals surface area contributed by atoms with Gasteiger partial charge in [0.1, 0.15) is 0 Å². The van der Waals surface area contributed by atoms with Gasteiger partial charge in [-0.2, -0.15) is 12.7 Å². The van der Waals surface area contributed by atoms with Gasteiger partial charge in [-0.05, 0) is 51.4 Å². The first-order valence-electron chi connectivity index (χ1n) is 7.40. The monoisotopic (exact) mass is 311 g/mol. The van der Waals surface area contributed by atoms with Gasteiger partial charge in [0.15, 0.2) is 0 Å². The summed E-state index contributed by atoms with van der Waals surface area (Å²) in [7, 11) is 0.143. The Morgan fingerprint density at radius 2 is 1.81 bits per heavy atom. The molecule has 5 nitrogen and oxygen atoms in total. The van der Waals surface area contributed by atoms with Crippen LogP contribution in [0.3, 0.4) is 0 Å². The average Bonchev–Trinajstić information content (AvgIpc) is 2.48. The summed E-state index contributed by atoms with van der Waals surface area (Å²) >= 11 is 0. The van der Waals surface area contributed by atoms with Crippen LogP contribution in [0.5, 0.6) is 0 Å². The first-order valence-corrected chi connectivity index (χ1v) is 8.80. The van der Waals surface area contributed by atoms with Gasteiger partial charge in [-0.3, -0.25) is 4.31 Å². The molecule has 0 spiro atoms. The van der Waals surface area contributed by atoms with Gasteiger partial charge in [-0.15, -0.1) is 0 Å². The van der Waals surface area contributed by atoms with Crippen molar-refractivity contribution in [3.8, 4) is 0 Å². The number of aryl methyl sites for hydroxylation is 1. The molecule has 1 N–H and O–H groups in total. The van der Waals surface area contributed by atoms with E-state index >= 15 is 0 Å². The van der Waals surface area contributed by atoms with Crippen LogP contribution in [-0.2, 0) is 10.2 Å². The highest BCUT2D eigenvalue weighted by molar-refractivity contribution is 7.90. The van der Waals surface area contributed by atoms with Crippen LogP contribution < -0.4 is 9.62 Å². The maximum atomic E-state index is 12.7. The maximum Gasteiger partial charge on any atom is 0.303 e. The van der Waals surface area contributed by atoms with E-state index in [1.807, 2.05) is 38.2 Å². The molecule has 0 saturated carbocycles. The number of hydrogen-bond acceptors (Lipinski definition) is 3. The van der Waals surface area contributed by atoms with E-state index in [1.54, 1.807) is 11.4 Å². The minimum Gasteiger partial charge on any atom is -0.319 e. The number of piperidine rings is 1. The lowest BCUT2D eigenvalue weighted by molar-refractivity contribution is 0.270. The van der Waals surface area contributed by atoms with E-state index in [1.165, 1.54) is 4.31 Å². The van der Waals surface area contributed by atoms with Crippen LogP contribution in [0.25, 0.3) is 0 Å². The van der Waals surface area contributed by atoms with E-state index in [0.717, 1.165) is 24.9 Å². The lowest BCUT2D eigenvalue weighted by Crippen LogP contribution is -2.46. The van der Waals surface area contributed by atoms with Crippen LogP contribution in [0.4, 0.5) is 5.69 Å². The zero-order valence-electron chi connectivity index (χ0n) is 13.0. The number of nitrogens with one attached hydrogen (secondary N) is 1. The summed E-state index contributed by atoms with van der Waals surface area (Å²) in [5, 5.41) is 3.17. The standard InChI is InChI=1S/C15H25N3O2S/c1-13-4-6-15(7-5-13)17(3)21(19,20)18-10-8-14(9-11-18)12-16-2/h4-7,14,16H,8-12H2,1-3H3. The second kappa shape index (κ2) is 6.77. The summed E-state index contributed by atoms with van der Waals surface area (Å²) < 4.78 is 28.3. The zero-order valence-corrected chi connectivity index (χ0v) is 13.9. The summed E-state index contributed by atoms with van der Waals surface area (Å²) in [6.45, 7) is 4.16. The molecule has 0 radical (unpaired) electrons. The second-order valence-electron chi connectivity index (χ2n) is 5.71. The van der Waals surface area contributed by atoms with Gasteiger partial charge in [0.05, 0.1) is 5.69 Å². The Morgan fingerprint density at radius 3 is 2.33 bits per heavy atom. The van der Waals surface area contributed by atoms with Crippen molar-refractivity contribution in [2.75, 3.05) is 38.0 Å². The Hall–Kier alpha value is -1.11. The number of anilines is 1. The van der Waals surface area contributed by atoms with Crippen LogP contribution >= 0.6 is 0 Å². The highest BCUT2D eigenvalue weighted by Crippen LogP contribution is 2.24. The number of nitrogens with zero attached hydrogens (tertiary/aromatic N) is 2. The van der Waals surface area contributed by atoms with Crippen molar-refractivity contribution in [1.29, 1.82) is 0 Å². The highest BCUT2D eigenvalue weighted by Gasteiger charge is 2.31. The third-order valence-corrected chi connectivity index (χ3v) is 6.06. The molecule has 2 rings (SSSR count). The summed E-state index contributed by atoms with van der Waals surface area (Å²) in [6, 6.07) is 7.56. The van der Waals surface area contributed by atoms with E-state index in [4.69, 9.17) is 0 Å². The van der Waals surface area contributed by atoms with Gasteiger partial charge in [0.2, 0.25) is 0 Å². The first kappa shape index (κ1) is 16.3. The SMILES string of the molecule is CNCC1CCN(S(=O)(=O)N(C)c2ccc(C)cc2)CC1. The summed E-state index contributed by atoms with van der Waals surface area (Å²) in [5.41, 5.74) is 1.83. The van der Waals surface area contributed by atoms with Crippen molar-refractivity contribution in [1.82, 2.24) is 9.62 Å². The number of benzene rings is 1. The van der Waals surface area contributed by atoms with Gasteiger partial charge >= 0.3 is 10.2 Å². The van der Waals surface area contributed by atoms with Crippen LogP contribution in [0.1, 0.15) is 18.4 Å². The second-order valence-corrected chi connectivity index (χ2v) is 7.67. The quantitative estimate of drug-likeness (QED) is 0.899. The molecule has 1 saturated heterocycles. The predicted octanol–water partition coefficient (Wildman–Crippen LogP) is 1.61. The Balaban J connectivity index is 2.06. The molecule has 1 heterocycles. The Labute approximate surface area is 128 Å². The maximum absolute atomic E-state index is 12.7. The molecular formula is C15H25N3O2S. The highest BCUT2D eigenvalue weighted by atomic mass is 32.2. The number of hydrogen-bond donors (Lipinski definition) is 1. The molecule has 1 aliphatic rings. The summed E-state index contributed by atoms with van der Waals surface area (Å²) in [6.07, 6.45) is 1.84. The lowest BCUT2D eigenvalue weighted by Gasteiger charge is -2.34. The molecule has 0 bridgehead atoms. The van der Waals surface area contributed by atoms with Crippen LogP contribution in [0, 0.1) is 12.8 Å². The van der Waals surface area contributed by atoms with Gasteiger partial charge < -0.3 is 5.32 Å². The molecule has 0 atom stereocenters. The fourth-order valence-corrected chi connectivity index (χ4v) is 4.10. The zero-order chi connectivity index (χ0) is 15.5. The molecule has 6 heteroatoms. The number of rotatable bonds is 5. The van der Waals surface area contributed by atoms with Crippen LogP contribution in [0.2, 0.25) is 0 Å². The van der Waals surface area contributed by atoms with Crippen molar-refractivity contribution >= 4 is 15.9 Å². The van der Waals surface area contributed by atoms with Crippen molar-refractivity contribution in [3.63, 3.8) is 0 Å². The minimum absolute atomic E-state index is 0.575. The Kier molecular flexibility index (Phi) is 5.24. The molecule has 0 unspecified atom stereocenters. The molecular weight excluding hydrogens is 286 g/mol. The molecule has 1 aromatic carbocycles. The lowest BCUT2D eigenvalue weighted by atomic mass is 9.98. The Morgan fingerprint density at radius 1 is 1.24 bits per heavy atom. The minimum atomic E-state index is -3.42. The molecule has 118 valence electrons. The topological polar surface area (TPSA) is 52.7 Å². The third kappa shape index (κ3) is 3.75.